The number of non-ortho nitro benzene ring substituents is 1. The zero-order valence-electron chi connectivity index (χ0n) is 17.3. The number of halogens is 2. The summed E-state index contributed by atoms with van der Waals surface area (Å²) < 4.78 is 0. The maximum atomic E-state index is 12.8. The van der Waals surface area contributed by atoms with Crippen LogP contribution in [0.15, 0.2) is 48.8 Å². The molecule has 1 saturated heterocycles. The molecule has 1 aliphatic heterocycles. The fraction of sp³-hybridized carbons (Fsp3) is 0.273. The highest BCUT2D eigenvalue weighted by atomic mass is 35.5. The van der Waals surface area contributed by atoms with Crippen LogP contribution in [0.1, 0.15) is 6.92 Å². The van der Waals surface area contributed by atoms with Crippen molar-refractivity contribution in [2.45, 2.75) is 13.0 Å². The fourth-order valence-corrected chi connectivity index (χ4v) is 4.45. The van der Waals surface area contributed by atoms with Gasteiger partial charge in [0.25, 0.3) is 5.69 Å². The molecule has 0 spiro atoms. The summed E-state index contributed by atoms with van der Waals surface area (Å²) in [5.74, 6) is -0.180. The Morgan fingerprint density at radius 1 is 1.09 bits per heavy atom. The van der Waals surface area contributed by atoms with Gasteiger partial charge in [-0.2, -0.15) is 0 Å². The summed E-state index contributed by atoms with van der Waals surface area (Å²) in [6, 6.07) is 9.81. The number of carbonyl (C=O) groups is 1. The van der Waals surface area contributed by atoms with E-state index in [0.717, 1.165) is 11.1 Å². The highest BCUT2D eigenvalue weighted by Gasteiger charge is 2.27. The van der Waals surface area contributed by atoms with E-state index in [9.17, 15) is 14.9 Å². The van der Waals surface area contributed by atoms with Crippen LogP contribution in [0.5, 0.6) is 0 Å². The lowest BCUT2D eigenvalue weighted by Gasteiger charge is -2.39. The smallest absolute Gasteiger partial charge is 0.278 e. The summed E-state index contributed by atoms with van der Waals surface area (Å²) in [6.07, 6.45) is 3.16. The first-order valence-electron chi connectivity index (χ1n) is 10.1. The number of carbonyl (C=O) groups excluding carboxylic acids is 1. The number of nitrogens with zero attached hydrogens (tertiary/aromatic N) is 4. The van der Waals surface area contributed by atoms with E-state index in [2.05, 4.69) is 20.1 Å². The van der Waals surface area contributed by atoms with E-state index in [1.54, 1.807) is 36.5 Å². The molecular formula is C22H21Cl2N5O3. The van der Waals surface area contributed by atoms with Crippen LogP contribution in [0.4, 0.5) is 17.1 Å². The van der Waals surface area contributed by atoms with Crippen molar-refractivity contribution in [1.82, 2.24) is 9.88 Å². The standard InChI is InChI=1S/C22H21Cl2N5O3/c1-14(22(30)26-21-17(23)3-2-4-18(21)24)27-9-11-28(12-10-27)19-5-6-20(29(31)32)16-13-25-8-7-15(16)19/h2-8,13-14H,9-12H2,1H3,(H,26,30)/t14-/m1/s1. The number of piperazine rings is 1. The number of pyridine rings is 1. The number of fused-ring (bicyclic) bond motifs is 1. The average molecular weight is 474 g/mol. The zero-order valence-corrected chi connectivity index (χ0v) is 18.8. The summed E-state index contributed by atoms with van der Waals surface area (Å²) >= 11 is 12.3. The molecular weight excluding hydrogens is 453 g/mol. The van der Waals surface area contributed by atoms with Crippen molar-refractivity contribution in [3.8, 4) is 0 Å². The van der Waals surface area contributed by atoms with Gasteiger partial charge >= 0.3 is 0 Å². The van der Waals surface area contributed by atoms with Crippen LogP contribution >= 0.6 is 23.2 Å². The lowest BCUT2D eigenvalue weighted by molar-refractivity contribution is -0.383. The van der Waals surface area contributed by atoms with Gasteiger partial charge in [-0.3, -0.25) is 24.8 Å². The average Bonchev–Trinajstić information content (AvgIpc) is 2.80. The Morgan fingerprint density at radius 3 is 2.44 bits per heavy atom. The van der Waals surface area contributed by atoms with Gasteiger partial charge in [-0.05, 0) is 31.2 Å². The highest BCUT2D eigenvalue weighted by molar-refractivity contribution is 6.39. The van der Waals surface area contributed by atoms with E-state index in [0.29, 0.717) is 47.3 Å². The minimum Gasteiger partial charge on any atom is -0.368 e. The third kappa shape index (κ3) is 4.34. The van der Waals surface area contributed by atoms with Crippen LogP contribution in [0.2, 0.25) is 10.0 Å². The van der Waals surface area contributed by atoms with Gasteiger partial charge in [0.05, 0.1) is 32.1 Å². The number of amides is 1. The molecule has 0 aliphatic carbocycles. The molecule has 3 aromatic rings. The Labute approximate surface area is 194 Å². The number of nitro groups is 1. The molecule has 1 atom stereocenters. The van der Waals surface area contributed by atoms with Crippen molar-refractivity contribution >= 4 is 56.9 Å². The Morgan fingerprint density at radius 2 is 1.78 bits per heavy atom. The van der Waals surface area contributed by atoms with Crippen molar-refractivity contribution in [2.75, 3.05) is 36.4 Å². The number of para-hydroxylation sites is 1. The topological polar surface area (TPSA) is 91.6 Å². The third-order valence-electron chi connectivity index (χ3n) is 5.76. The minimum atomic E-state index is -0.392. The first-order chi connectivity index (χ1) is 15.4. The highest BCUT2D eigenvalue weighted by Crippen LogP contribution is 2.34. The number of hydrogen-bond acceptors (Lipinski definition) is 6. The van der Waals surface area contributed by atoms with Gasteiger partial charge in [0, 0.05) is 55.7 Å². The van der Waals surface area contributed by atoms with Gasteiger partial charge in [-0.1, -0.05) is 29.3 Å². The molecule has 1 aliphatic rings. The molecule has 0 saturated carbocycles. The molecule has 2 aromatic carbocycles. The number of benzene rings is 2. The predicted octanol–water partition coefficient (Wildman–Crippen LogP) is 4.60. The summed E-state index contributed by atoms with van der Waals surface area (Å²) in [5, 5.41) is 16.3. The molecule has 4 rings (SSSR count). The van der Waals surface area contributed by atoms with E-state index in [1.165, 1.54) is 12.3 Å². The summed E-state index contributed by atoms with van der Waals surface area (Å²) in [4.78, 5) is 32.1. The molecule has 2 heterocycles. The molecule has 1 N–H and O–H groups in total. The minimum absolute atomic E-state index is 0.0408. The Balaban J connectivity index is 1.46. The van der Waals surface area contributed by atoms with Gasteiger partial charge < -0.3 is 10.2 Å². The van der Waals surface area contributed by atoms with Gasteiger partial charge in [-0.25, -0.2) is 0 Å². The molecule has 0 radical (unpaired) electrons. The maximum Gasteiger partial charge on any atom is 0.278 e. The monoisotopic (exact) mass is 473 g/mol. The lowest BCUT2D eigenvalue weighted by atomic mass is 10.1. The largest absolute Gasteiger partial charge is 0.368 e. The van der Waals surface area contributed by atoms with Crippen LogP contribution in [0, 0.1) is 10.1 Å². The molecule has 10 heteroatoms. The molecule has 32 heavy (non-hydrogen) atoms. The van der Waals surface area contributed by atoms with E-state index in [1.807, 2.05) is 6.92 Å². The Kier molecular flexibility index (Phi) is 6.45. The van der Waals surface area contributed by atoms with E-state index in [-0.39, 0.29) is 17.6 Å². The van der Waals surface area contributed by atoms with Crippen LogP contribution in [0.3, 0.4) is 0 Å². The molecule has 8 nitrogen and oxygen atoms in total. The van der Waals surface area contributed by atoms with Gasteiger partial charge in [-0.15, -0.1) is 0 Å². The van der Waals surface area contributed by atoms with Gasteiger partial charge in [0.2, 0.25) is 5.91 Å². The first-order valence-corrected chi connectivity index (χ1v) is 10.9. The predicted molar refractivity (Wildman–Crippen MR) is 127 cm³/mol. The van der Waals surface area contributed by atoms with Crippen LogP contribution < -0.4 is 10.2 Å². The van der Waals surface area contributed by atoms with E-state index in [4.69, 9.17) is 23.2 Å². The number of nitro benzene ring substituents is 1. The first kappa shape index (κ1) is 22.3. The number of hydrogen-bond donors (Lipinski definition) is 1. The molecule has 0 bridgehead atoms. The number of aromatic nitrogens is 1. The third-order valence-corrected chi connectivity index (χ3v) is 6.39. The molecule has 166 valence electrons. The van der Waals surface area contributed by atoms with Crippen molar-refractivity contribution in [1.29, 1.82) is 0 Å². The Hall–Kier alpha value is -2.94. The van der Waals surface area contributed by atoms with Gasteiger partial charge in [0.15, 0.2) is 0 Å². The fourth-order valence-electron chi connectivity index (χ4n) is 3.96. The van der Waals surface area contributed by atoms with Crippen molar-refractivity contribution in [2.24, 2.45) is 0 Å². The number of nitrogens with one attached hydrogen (secondary N) is 1. The molecule has 1 amide bonds. The maximum absolute atomic E-state index is 12.8. The van der Waals surface area contributed by atoms with Crippen LogP contribution in [-0.4, -0.2) is 52.9 Å². The molecule has 1 aromatic heterocycles. The van der Waals surface area contributed by atoms with Gasteiger partial charge in [0.1, 0.15) is 0 Å². The normalized spacial score (nSPS) is 15.5. The van der Waals surface area contributed by atoms with E-state index < -0.39 is 4.92 Å². The number of anilines is 2. The molecule has 0 unspecified atom stereocenters. The second-order valence-corrected chi connectivity index (χ2v) is 8.38. The SMILES string of the molecule is C[C@H](C(=O)Nc1c(Cl)cccc1Cl)N1CCN(c2ccc([N+](=O)[O-])c3cnccc23)CC1. The summed E-state index contributed by atoms with van der Waals surface area (Å²) in [5.41, 5.74) is 1.38. The van der Waals surface area contributed by atoms with Crippen LogP contribution in [-0.2, 0) is 4.79 Å². The second kappa shape index (κ2) is 9.28. The van der Waals surface area contributed by atoms with Crippen molar-refractivity contribution < 1.29 is 9.72 Å². The quantitative estimate of drug-likeness (QED) is 0.430. The Bertz CT molecular complexity index is 1160. The summed E-state index contributed by atoms with van der Waals surface area (Å²) in [7, 11) is 0. The molecule has 1 fully saturated rings. The van der Waals surface area contributed by atoms with Crippen molar-refractivity contribution in [3.63, 3.8) is 0 Å². The van der Waals surface area contributed by atoms with Crippen molar-refractivity contribution in [3.05, 3.63) is 69.0 Å². The van der Waals surface area contributed by atoms with E-state index >= 15 is 0 Å². The lowest BCUT2D eigenvalue weighted by Crippen LogP contribution is -2.52. The second-order valence-electron chi connectivity index (χ2n) is 7.57. The number of rotatable bonds is 5. The zero-order chi connectivity index (χ0) is 22.8. The van der Waals surface area contributed by atoms with Crippen LogP contribution in [0.25, 0.3) is 10.8 Å². The summed E-state index contributed by atoms with van der Waals surface area (Å²) in [6.45, 7) is 4.53.